The van der Waals surface area contributed by atoms with Crippen LogP contribution in [0.3, 0.4) is 0 Å². The molecule has 0 aliphatic heterocycles. The van der Waals surface area contributed by atoms with E-state index >= 15 is 0 Å². The van der Waals surface area contributed by atoms with Crippen molar-refractivity contribution in [2.75, 3.05) is 12.8 Å². The molecular formula is C11H12N2O3S. The van der Waals surface area contributed by atoms with Gasteiger partial charge in [-0.05, 0) is 17.7 Å². The van der Waals surface area contributed by atoms with E-state index < -0.39 is 5.76 Å². The van der Waals surface area contributed by atoms with Gasteiger partial charge in [-0.3, -0.25) is 9.78 Å². The summed E-state index contributed by atoms with van der Waals surface area (Å²) in [4.78, 5) is 26.5. The highest BCUT2D eigenvalue weighted by molar-refractivity contribution is 7.81. The monoisotopic (exact) mass is 252 g/mol. The number of rotatable bonds is 3. The summed E-state index contributed by atoms with van der Waals surface area (Å²) >= 11 is 3.93. The molecule has 0 aliphatic rings. The highest BCUT2D eigenvalue weighted by atomic mass is 32.1. The van der Waals surface area contributed by atoms with Crippen LogP contribution in [0.2, 0.25) is 0 Å². The zero-order chi connectivity index (χ0) is 12.4. The Morgan fingerprint density at radius 2 is 2.29 bits per heavy atom. The smallest absolute Gasteiger partial charge is 0.408 e. The van der Waals surface area contributed by atoms with Gasteiger partial charge in [-0.2, -0.15) is 12.6 Å². The van der Waals surface area contributed by atoms with Crippen LogP contribution in [0.4, 0.5) is 0 Å². The van der Waals surface area contributed by atoms with E-state index in [-0.39, 0.29) is 11.7 Å². The second-order valence-corrected chi connectivity index (χ2v) is 4.07. The van der Waals surface area contributed by atoms with Crippen molar-refractivity contribution in [3.05, 3.63) is 34.3 Å². The predicted molar refractivity (Wildman–Crippen MR) is 67.2 cm³/mol. The van der Waals surface area contributed by atoms with E-state index in [1.807, 2.05) is 6.07 Å². The zero-order valence-electron chi connectivity index (χ0n) is 9.27. The average Bonchev–Trinajstić information content (AvgIpc) is 2.67. The van der Waals surface area contributed by atoms with Crippen molar-refractivity contribution >= 4 is 29.6 Å². The molecule has 0 radical (unpaired) electrons. The first-order valence-corrected chi connectivity index (χ1v) is 5.70. The van der Waals surface area contributed by atoms with Crippen LogP contribution >= 0.6 is 12.6 Å². The van der Waals surface area contributed by atoms with Crippen molar-refractivity contribution in [3.8, 4) is 0 Å². The number of H-pyrrole nitrogens is 1. The molecule has 2 aromatic rings. The minimum atomic E-state index is -0.475. The summed E-state index contributed by atoms with van der Waals surface area (Å²) in [6, 6.07) is 5.35. The number of carbonyl (C=O) groups excluding carboxylic acids is 1. The SMILES string of the molecule is CN(Cc1ccc2[nH]c(=O)oc2c1)C(=O)CS. The minimum absolute atomic E-state index is 0.0519. The lowest BCUT2D eigenvalue weighted by atomic mass is 10.2. The molecule has 0 saturated heterocycles. The van der Waals surface area contributed by atoms with Gasteiger partial charge < -0.3 is 9.32 Å². The van der Waals surface area contributed by atoms with Crippen LogP contribution in [0.5, 0.6) is 0 Å². The Kier molecular flexibility index (Phi) is 3.23. The number of nitrogens with zero attached hydrogens (tertiary/aromatic N) is 1. The number of amides is 1. The Morgan fingerprint density at radius 1 is 1.53 bits per heavy atom. The lowest BCUT2D eigenvalue weighted by Gasteiger charge is -2.15. The van der Waals surface area contributed by atoms with Gasteiger partial charge in [0, 0.05) is 13.6 Å². The van der Waals surface area contributed by atoms with E-state index in [4.69, 9.17) is 4.42 Å². The number of benzene rings is 1. The van der Waals surface area contributed by atoms with E-state index in [9.17, 15) is 9.59 Å². The van der Waals surface area contributed by atoms with Gasteiger partial charge >= 0.3 is 5.76 Å². The number of fused-ring (bicyclic) bond motifs is 1. The van der Waals surface area contributed by atoms with Crippen molar-refractivity contribution in [3.63, 3.8) is 0 Å². The molecule has 5 nitrogen and oxygen atoms in total. The van der Waals surface area contributed by atoms with Crippen LogP contribution in [-0.4, -0.2) is 28.6 Å². The Bertz CT molecular complexity index is 602. The number of aromatic nitrogens is 1. The normalized spacial score (nSPS) is 10.7. The molecule has 17 heavy (non-hydrogen) atoms. The summed E-state index contributed by atoms with van der Waals surface area (Å²) in [7, 11) is 1.70. The Balaban J connectivity index is 2.24. The van der Waals surface area contributed by atoms with Crippen LogP contribution in [0.15, 0.2) is 27.4 Å². The summed E-state index contributed by atoms with van der Waals surface area (Å²) in [5.74, 6) is -0.348. The molecule has 2 rings (SSSR count). The van der Waals surface area contributed by atoms with Crippen molar-refractivity contribution in [1.29, 1.82) is 0 Å². The molecule has 1 aromatic carbocycles. The summed E-state index contributed by atoms with van der Waals surface area (Å²) in [6.45, 7) is 0.463. The van der Waals surface area contributed by atoms with Crippen LogP contribution in [0.25, 0.3) is 11.1 Å². The van der Waals surface area contributed by atoms with Crippen LogP contribution in [-0.2, 0) is 11.3 Å². The molecule has 0 bridgehead atoms. The average molecular weight is 252 g/mol. The van der Waals surface area contributed by atoms with Crippen LogP contribution in [0.1, 0.15) is 5.56 Å². The van der Waals surface area contributed by atoms with Crippen LogP contribution in [0, 0.1) is 0 Å². The third-order valence-electron chi connectivity index (χ3n) is 2.47. The third kappa shape index (κ3) is 2.52. The fraction of sp³-hybridized carbons (Fsp3) is 0.273. The maximum absolute atomic E-state index is 11.4. The summed E-state index contributed by atoms with van der Waals surface area (Å²) < 4.78 is 4.95. The van der Waals surface area contributed by atoms with Gasteiger partial charge in [0.05, 0.1) is 11.3 Å². The first-order valence-electron chi connectivity index (χ1n) is 5.06. The Labute approximate surface area is 103 Å². The minimum Gasteiger partial charge on any atom is -0.408 e. The van der Waals surface area contributed by atoms with Gasteiger partial charge in [-0.1, -0.05) is 6.07 Å². The molecule has 1 amide bonds. The molecule has 90 valence electrons. The lowest BCUT2D eigenvalue weighted by molar-refractivity contribution is -0.127. The highest BCUT2D eigenvalue weighted by Crippen LogP contribution is 2.13. The molecule has 1 N–H and O–H groups in total. The number of nitrogens with one attached hydrogen (secondary N) is 1. The number of hydrogen-bond acceptors (Lipinski definition) is 4. The van der Waals surface area contributed by atoms with Gasteiger partial charge in [0.1, 0.15) is 0 Å². The standard InChI is InChI=1S/C11H12N2O3S/c1-13(10(14)6-17)5-7-2-3-8-9(4-7)16-11(15)12-8/h2-4,17H,5-6H2,1H3,(H,12,15). The quantitative estimate of drug-likeness (QED) is 0.801. The molecule has 0 aliphatic carbocycles. The van der Waals surface area contributed by atoms with E-state index in [2.05, 4.69) is 17.6 Å². The van der Waals surface area contributed by atoms with Gasteiger partial charge in [0.2, 0.25) is 5.91 Å². The van der Waals surface area contributed by atoms with Crippen LogP contribution < -0.4 is 5.76 Å². The van der Waals surface area contributed by atoms with Gasteiger partial charge in [-0.25, -0.2) is 4.79 Å². The van der Waals surface area contributed by atoms with Gasteiger partial charge in [-0.15, -0.1) is 0 Å². The van der Waals surface area contributed by atoms with Crippen molar-refractivity contribution in [2.45, 2.75) is 6.54 Å². The fourth-order valence-corrected chi connectivity index (χ4v) is 1.81. The fourth-order valence-electron chi connectivity index (χ4n) is 1.57. The van der Waals surface area contributed by atoms with Crippen molar-refractivity contribution in [1.82, 2.24) is 9.88 Å². The largest absolute Gasteiger partial charge is 0.417 e. The number of thiol groups is 1. The highest BCUT2D eigenvalue weighted by Gasteiger charge is 2.08. The molecule has 0 unspecified atom stereocenters. The second-order valence-electron chi connectivity index (χ2n) is 3.75. The molecule has 0 saturated carbocycles. The van der Waals surface area contributed by atoms with Gasteiger partial charge in [0.15, 0.2) is 5.58 Å². The van der Waals surface area contributed by atoms with Crippen molar-refractivity contribution in [2.24, 2.45) is 0 Å². The van der Waals surface area contributed by atoms with E-state index in [0.29, 0.717) is 17.6 Å². The van der Waals surface area contributed by atoms with E-state index in [0.717, 1.165) is 5.56 Å². The second kappa shape index (κ2) is 4.67. The summed E-state index contributed by atoms with van der Waals surface area (Å²) in [5, 5.41) is 0. The van der Waals surface area contributed by atoms with E-state index in [1.54, 1.807) is 24.1 Å². The predicted octanol–water partition coefficient (Wildman–Crippen LogP) is 1.01. The first-order chi connectivity index (χ1) is 8.10. The molecule has 1 heterocycles. The lowest BCUT2D eigenvalue weighted by Crippen LogP contribution is -2.27. The number of aromatic amines is 1. The zero-order valence-corrected chi connectivity index (χ0v) is 10.2. The molecule has 6 heteroatoms. The topological polar surface area (TPSA) is 66.3 Å². The Morgan fingerprint density at radius 3 is 3.00 bits per heavy atom. The number of oxazole rings is 1. The van der Waals surface area contributed by atoms with Gasteiger partial charge in [0.25, 0.3) is 0 Å². The number of carbonyl (C=O) groups is 1. The van der Waals surface area contributed by atoms with Crippen molar-refractivity contribution < 1.29 is 9.21 Å². The molecule has 0 atom stereocenters. The molecule has 0 fully saturated rings. The van der Waals surface area contributed by atoms with E-state index in [1.165, 1.54) is 0 Å². The summed E-state index contributed by atoms with van der Waals surface area (Å²) in [5.41, 5.74) is 2.05. The Hall–Kier alpha value is -1.69. The number of hydrogen-bond donors (Lipinski definition) is 2. The maximum atomic E-state index is 11.4. The third-order valence-corrected chi connectivity index (χ3v) is 2.74. The molecule has 1 aromatic heterocycles. The molecular weight excluding hydrogens is 240 g/mol. The first kappa shape index (κ1) is 11.8. The molecule has 0 spiro atoms. The summed E-state index contributed by atoms with van der Waals surface area (Å²) in [6.07, 6.45) is 0. The maximum Gasteiger partial charge on any atom is 0.417 e.